The number of nitrogens with one attached hydrogen (secondary N) is 1. The Morgan fingerprint density at radius 2 is 1.94 bits per heavy atom. The lowest BCUT2D eigenvalue weighted by Gasteiger charge is -2.32. The Morgan fingerprint density at radius 3 is 2.64 bits per heavy atom. The number of nitrogens with zero attached hydrogens (tertiary/aromatic N) is 5. The quantitative estimate of drug-likeness (QED) is 0.512. The van der Waals surface area contributed by atoms with Crippen LogP contribution in [0.4, 0.5) is 16.3 Å². The molecule has 4 rings (SSSR count). The van der Waals surface area contributed by atoms with Crippen molar-refractivity contribution in [1.82, 2.24) is 24.2 Å². The van der Waals surface area contributed by atoms with Gasteiger partial charge in [0.15, 0.2) is 0 Å². The van der Waals surface area contributed by atoms with Crippen molar-refractivity contribution in [3.63, 3.8) is 0 Å². The molecule has 10 heteroatoms. The number of amides is 1. The highest BCUT2D eigenvalue weighted by Crippen LogP contribution is 2.34. The van der Waals surface area contributed by atoms with E-state index < -0.39 is 11.7 Å². The molecule has 1 fully saturated rings. The number of benzene rings is 1. The van der Waals surface area contributed by atoms with Gasteiger partial charge in [-0.15, -0.1) is 0 Å². The third kappa shape index (κ3) is 6.06. The maximum absolute atomic E-state index is 12.3. The van der Waals surface area contributed by atoms with Crippen LogP contribution >= 0.6 is 0 Å². The van der Waals surface area contributed by atoms with Crippen LogP contribution in [0.3, 0.4) is 0 Å². The summed E-state index contributed by atoms with van der Waals surface area (Å²) in [5, 5.41) is 2.76. The standard InChI is InChI=1S/C26H37N7O3/c1-26(2,3)36-25(34)29-19-9-8-18(17-20(19)35-5)22-23-24(27)28-10-12-33(23)21(30-22)7-6-11-32-15-13-31(4)14-16-32/h8-10,12,17H,6-7,11,13-16H2,1-5H3,(H2,27,28)(H,29,34). The number of methoxy groups -OCH3 is 1. The van der Waals surface area contributed by atoms with Gasteiger partial charge in [-0.1, -0.05) is 6.07 Å². The van der Waals surface area contributed by atoms with Gasteiger partial charge in [-0.25, -0.2) is 14.8 Å². The molecule has 0 bridgehead atoms. The topological polar surface area (TPSA) is 110 Å². The van der Waals surface area contributed by atoms with E-state index in [9.17, 15) is 4.79 Å². The zero-order valence-corrected chi connectivity index (χ0v) is 21.9. The normalized spacial score (nSPS) is 15.2. The molecule has 0 atom stereocenters. The first-order valence-corrected chi connectivity index (χ1v) is 12.4. The first kappa shape index (κ1) is 25.7. The van der Waals surface area contributed by atoms with Crippen LogP contribution in [-0.4, -0.2) is 82.7 Å². The number of aromatic nitrogens is 3. The number of nitrogen functional groups attached to an aromatic ring is 1. The van der Waals surface area contributed by atoms with Gasteiger partial charge in [0, 0.05) is 50.6 Å². The number of likely N-dealkylation sites (N-methyl/N-ethyl adjacent to an activating group) is 1. The number of hydrogen-bond acceptors (Lipinski definition) is 8. The van der Waals surface area contributed by atoms with Crippen molar-refractivity contribution in [2.24, 2.45) is 0 Å². The van der Waals surface area contributed by atoms with Crippen LogP contribution in [0, 0.1) is 0 Å². The molecule has 1 aliphatic rings. The number of anilines is 2. The van der Waals surface area contributed by atoms with Gasteiger partial charge in [-0.2, -0.15) is 0 Å². The Kier molecular flexibility index (Phi) is 7.65. The average molecular weight is 496 g/mol. The molecule has 10 nitrogen and oxygen atoms in total. The largest absolute Gasteiger partial charge is 0.495 e. The van der Waals surface area contributed by atoms with E-state index >= 15 is 0 Å². The van der Waals surface area contributed by atoms with Gasteiger partial charge < -0.3 is 25.0 Å². The van der Waals surface area contributed by atoms with Crippen LogP contribution in [0.1, 0.15) is 33.0 Å². The van der Waals surface area contributed by atoms with Crippen LogP contribution < -0.4 is 15.8 Å². The second-order valence-corrected chi connectivity index (χ2v) is 10.2. The summed E-state index contributed by atoms with van der Waals surface area (Å²) in [5.74, 6) is 1.86. The average Bonchev–Trinajstić information content (AvgIpc) is 3.19. The van der Waals surface area contributed by atoms with E-state index in [1.54, 1.807) is 19.4 Å². The number of piperazine rings is 1. The molecule has 0 saturated carbocycles. The van der Waals surface area contributed by atoms with Gasteiger partial charge in [0.1, 0.15) is 34.2 Å². The third-order valence-electron chi connectivity index (χ3n) is 6.24. The van der Waals surface area contributed by atoms with Gasteiger partial charge in [-0.3, -0.25) is 9.72 Å². The SMILES string of the molecule is COc1cc(-c2nc(CCCN3CCN(C)CC3)n3ccnc(N)c23)ccc1NC(=O)OC(C)(C)C. The summed E-state index contributed by atoms with van der Waals surface area (Å²) in [7, 11) is 3.73. The second kappa shape index (κ2) is 10.7. The smallest absolute Gasteiger partial charge is 0.412 e. The minimum atomic E-state index is -0.599. The van der Waals surface area contributed by atoms with E-state index in [0.29, 0.717) is 17.3 Å². The van der Waals surface area contributed by atoms with Gasteiger partial charge in [-0.05, 0) is 52.9 Å². The predicted molar refractivity (Wildman–Crippen MR) is 142 cm³/mol. The third-order valence-corrected chi connectivity index (χ3v) is 6.24. The molecule has 1 aliphatic heterocycles. The first-order chi connectivity index (χ1) is 17.1. The lowest BCUT2D eigenvalue weighted by Crippen LogP contribution is -2.44. The molecular weight excluding hydrogens is 458 g/mol. The first-order valence-electron chi connectivity index (χ1n) is 12.4. The van der Waals surface area contributed by atoms with E-state index in [1.165, 1.54) is 0 Å². The molecule has 2 aromatic heterocycles. The van der Waals surface area contributed by atoms with Crippen LogP contribution in [0.15, 0.2) is 30.6 Å². The van der Waals surface area contributed by atoms with Crippen LogP contribution in [0.5, 0.6) is 5.75 Å². The maximum Gasteiger partial charge on any atom is 0.412 e. The van der Waals surface area contributed by atoms with Crippen molar-refractivity contribution in [3.8, 4) is 17.0 Å². The van der Waals surface area contributed by atoms with Crippen molar-refractivity contribution in [2.75, 3.05) is 57.9 Å². The Balaban J connectivity index is 1.57. The molecule has 3 heterocycles. The zero-order chi connectivity index (χ0) is 25.9. The maximum atomic E-state index is 12.3. The summed E-state index contributed by atoms with van der Waals surface area (Å²) in [4.78, 5) is 26.4. The van der Waals surface area contributed by atoms with Crippen LogP contribution in [-0.2, 0) is 11.2 Å². The molecule has 194 valence electrons. The molecule has 3 N–H and O–H groups in total. The number of carbonyl (C=O) groups excluding carboxylic acids is 1. The zero-order valence-electron chi connectivity index (χ0n) is 21.9. The summed E-state index contributed by atoms with van der Waals surface area (Å²) in [5.41, 5.74) is 8.54. The highest BCUT2D eigenvalue weighted by molar-refractivity contribution is 5.90. The van der Waals surface area contributed by atoms with Gasteiger partial charge in [0.05, 0.1) is 12.8 Å². The summed E-state index contributed by atoms with van der Waals surface area (Å²) in [6.07, 6.45) is 4.89. The monoisotopic (exact) mass is 495 g/mol. The minimum Gasteiger partial charge on any atom is -0.495 e. The van der Waals surface area contributed by atoms with Crippen molar-refractivity contribution in [2.45, 2.75) is 39.2 Å². The second-order valence-electron chi connectivity index (χ2n) is 10.2. The number of hydrogen-bond donors (Lipinski definition) is 2. The Bertz CT molecular complexity index is 1210. The molecule has 36 heavy (non-hydrogen) atoms. The van der Waals surface area contributed by atoms with E-state index in [2.05, 4.69) is 27.1 Å². The molecule has 1 amide bonds. The predicted octanol–water partition coefficient (Wildman–Crippen LogP) is 3.51. The van der Waals surface area contributed by atoms with Crippen LogP contribution in [0.2, 0.25) is 0 Å². The molecule has 0 spiro atoms. The van der Waals surface area contributed by atoms with Gasteiger partial charge in [0.25, 0.3) is 0 Å². The molecule has 1 aromatic carbocycles. The van der Waals surface area contributed by atoms with Crippen molar-refractivity contribution < 1.29 is 14.3 Å². The van der Waals surface area contributed by atoms with Crippen molar-refractivity contribution in [3.05, 3.63) is 36.4 Å². The number of carbonyl (C=O) groups is 1. The summed E-state index contributed by atoms with van der Waals surface area (Å²) < 4.78 is 13.0. The fourth-order valence-electron chi connectivity index (χ4n) is 4.39. The van der Waals surface area contributed by atoms with E-state index in [0.717, 1.165) is 68.2 Å². The number of fused-ring (bicyclic) bond motifs is 1. The summed E-state index contributed by atoms with van der Waals surface area (Å²) in [6.45, 7) is 10.9. The van der Waals surface area contributed by atoms with Crippen LogP contribution in [0.25, 0.3) is 16.8 Å². The number of aryl methyl sites for hydroxylation is 1. The van der Waals surface area contributed by atoms with E-state index in [-0.39, 0.29) is 0 Å². The number of imidazole rings is 1. The molecule has 0 aliphatic carbocycles. The lowest BCUT2D eigenvalue weighted by atomic mass is 10.1. The Morgan fingerprint density at radius 1 is 1.19 bits per heavy atom. The van der Waals surface area contributed by atoms with E-state index in [4.69, 9.17) is 20.2 Å². The van der Waals surface area contributed by atoms with Gasteiger partial charge >= 0.3 is 6.09 Å². The van der Waals surface area contributed by atoms with Crippen molar-refractivity contribution in [1.29, 1.82) is 0 Å². The number of nitrogens with two attached hydrogens (primary N) is 1. The van der Waals surface area contributed by atoms with Gasteiger partial charge in [0.2, 0.25) is 0 Å². The summed E-state index contributed by atoms with van der Waals surface area (Å²) in [6, 6.07) is 5.51. The Labute approximate surface area is 212 Å². The fraction of sp³-hybridized carbons (Fsp3) is 0.500. The fourth-order valence-corrected chi connectivity index (χ4v) is 4.39. The number of ether oxygens (including phenoxy) is 2. The highest BCUT2D eigenvalue weighted by atomic mass is 16.6. The number of rotatable bonds is 7. The lowest BCUT2D eigenvalue weighted by molar-refractivity contribution is 0.0635. The highest BCUT2D eigenvalue weighted by Gasteiger charge is 2.20. The van der Waals surface area contributed by atoms with E-state index in [1.807, 2.05) is 43.5 Å². The molecule has 3 aromatic rings. The molecule has 1 saturated heterocycles. The van der Waals surface area contributed by atoms with Crippen molar-refractivity contribution >= 4 is 23.1 Å². The molecular formula is C26H37N7O3. The summed E-state index contributed by atoms with van der Waals surface area (Å²) >= 11 is 0. The Hall–Kier alpha value is -3.37. The minimum absolute atomic E-state index is 0.417. The molecule has 0 radical (unpaired) electrons. The molecule has 0 unspecified atom stereocenters.